The number of rotatable bonds is 4. The minimum Gasteiger partial charge on any atom is -0.460 e. The molecule has 0 saturated carbocycles. The van der Waals surface area contributed by atoms with Gasteiger partial charge in [-0.2, -0.15) is 5.10 Å². The molecule has 0 unspecified atom stereocenters. The third-order valence-corrected chi connectivity index (χ3v) is 2.63. The first-order valence-electron chi connectivity index (χ1n) is 6.07. The molecule has 4 heteroatoms. The molecular formula is C15H16N2O2. The zero-order valence-corrected chi connectivity index (χ0v) is 11.0. The first-order chi connectivity index (χ1) is 9.13. The molecule has 0 saturated heterocycles. The van der Waals surface area contributed by atoms with Crippen LogP contribution in [0.2, 0.25) is 0 Å². The van der Waals surface area contributed by atoms with Gasteiger partial charge in [-0.05, 0) is 31.5 Å². The van der Waals surface area contributed by atoms with Crippen LogP contribution in [0.1, 0.15) is 22.6 Å². The van der Waals surface area contributed by atoms with Crippen LogP contribution in [0, 0.1) is 13.8 Å². The molecule has 98 valence electrons. The summed E-state index contributed by atoms with van der Waals surface area (Å²) in [6, 6.07) is 11.5. The van der Waals surface area contributed by atoms with E-state index in [4.69, 9.17) is 4.42 Å². The number of hydrogen-bond acceptors (Lipinski definition) is 3. The lowest BCUT2D eigenvalue weighted by molar-refractivity contribution is -0.120. The van der Waals surface area contributed by atoms with Crippen molar-refractivity contribution >= 4 is 12.1 Å². The standard InChI is InChI=1S/C15H16N2O2/c1-11-3-6-13(7-4-11)9-15(18)17-16-10-14-8-5-12(2)19-14/h3-8,10H,9H2,1-2H3,(H,17,18)/b16-10+. The summed E-state index contributed by atoms with van der Waals surface area (Å²) in [6.07, 6.45) is 1.80. The summed E-state index contributed by atoms with van der Waals surface area (Å²) < 4.78 is 5.30. The Bertz CT molecular complexity index is 582. The highest BCUT2D eigenvalue weighted by atomic mass is 16.3. The van der Waals surface area contributed by atoms with Gasteiger partial charge in [0.25, 0.3) is 0 Å². The number of carbonyl (C=O) groups is 1. The molecule has 0 aliphatic carbocycles. The highest BCUT2D eigenvalue weighted by Crippen LogP contribution is 2.04. The van der Waals surface area contributed by atoms with Crippen molar-refractivity contribution in [1.29, 1.82) is 0 Å². The molecule has 4 nitrogen and oxygen atoms in total. The Morgan fingerprint density at radius 2 is 1.95 bits per heavy atom. The molecule has 0 fully saturated rings. The van der Waals surface area contributed by atoms with Gasteiger partial charge >= 0.3 is 0 Å². The average Bonchev–Trinajstić information content (AvgIpc) is 2.78. The highest BCUT2D eigenvalue weighted by Gasteiger charge is 2.01. The normalized spacial score (nSPS) is 10.8. The lowest BCUT2D eigenvalue weighted by Gasteiger charge is -2.00. The molecule has 0 aliphatic rings. The molecule has 0 spiro atoms. The van der Waals surface area contributed by atoms with E-state index in [1.807, 2.05) is 44.2 Å². The minimum absolute atomic E-state index is 0.150. The minimum atomic E-state index is -0.150. The topological polar surface area (TPSA) is 54.6 Å². The van der Waals surface area contributed by atoms with Crippen LogP contribution in [0.25, 0.3) is 0 Å². The third-order valence-electron chi connectivity index (χ3n) is 2.63. The van der Waals surface area contributed by atoms with Crippen LogP contribution in [0.15, 0.2) is 45.9 Å². The number of furan rings is 1. The molecule has 1 heterocycles. The van der Waals surface area contributed by atoms with Crippen molar-refractivity contribution in [2.45, 2.75) is 20.3 Å². The number of aryl methyl sites for hydroxylation is 2. The highest BCUT2D eigenvalue weighted by molar-refractivity contribution is 5.81. The second-order valence-corrected chi connectivity index (χ2v) is 4.40. The van der Waals surface area contributed by atoms with Gasteiger partial charge < -0.3 is 4.42 Å². The van der Waals surface area contributed by atoms with E-state index in [0.717, 1.165) is 11.3 Å². The molecule has 1 amide bonds. The average molecular weight is 256 g/mol. The molecule has 0 aliphatic heterocycles. The number of carbonyl (C=O) groups excluding carboxylic acids is 1. The molecule has 2 aromatic rings. The van der Waals surface area contributed by atoms with Crippen molar-refractivity contribution < 1.29 is 9.21 Å². The molecule has 1 N–H and O–H groups in total. The number of amides is 1. The van der Waals surface area contributed by atoms with Gasteiger partial charge in [-0.25, -0.2) is 5.43 Å². The van der Waals surface area contributed by atoms with Crippen molar-refractivity contribution in [3.8, 4) is 0 Å². The quantitative estimate of drug-likeness (QED) is 0.675. The van der Waals surface area contributed by atoms with Gasteiger partial charge in [0.1, 0.15) is 11.5 Å². The van der Waals surface area contributed by atoms with Crippen molar-refractivity contribution in [2.24, 2.45) is 5.10 Å². The van der Waals surface area contributed by atoms with Crippen LogP contribution in [-0.2, 0) is 11.2 Å². The van der Waals surface area contributed by atoms with E-state index >= 15 is 0 Å². The monoisotopic (exact) mass is 256 g/mol. The predicted molar refractivity (Wildman–Crippen MR) is 74.1 cm³/mol. The van der Waals surface area contributed by atoms with Crippen molar-refractivity contribution in [3.05, 3.63) is 59.0 Å². The first kappa shape index (κ1) is 13.1. The Morgan fingerprint density at radius 1 is 1.21 bits per heavy atom. The molecule has 0 atom stereocenters. The Labute approximate surface area is 112 Å². The van der Waals surface area contributed by atoms with Crippen LogP contribution < -0.4 is 5.43 Å². The second-order valence-electron chi connectivity index (χ2n) is 4.40. The molecule has 1 aromatic carbocycles. The van der Waals surface area contributed by atoms with Gasteiger partial charge in [0.2, 0.25) is 5.91 Å². The third kappa shape index (κ3) is 4.10. The SMILES string of the molecule is Cc1ccc(CC(=O)N/N=C/c2ccc(C)o2)cc1. The molecule has 0 radical (unpaired) electrons. The van der Waals surface area contributed by atoms with E-state index in [1.165, 1.54) is 11.8 Å². The Kier molecular flexibility index (Phi) is 4.13. The fourth-order valence-corrected chi connectivity index (χ4v) is 1.62. The summed E-state index contributed by atoms with van der Waals surface area (Å²) >= 11 is 0. The zero-order valence-electron chi connectivity index (χ0n) is 11.0. The van der Waals surface area contributed by atoms with E-state index in [9.17, 15) is 4.79 Å². The maximum atomic E-state index is 11.6. The summed E-state index contributed by atoms with van der Waals surface area (Å²) in [4.78, 5) is 11.6. The van der Waals surface area contributed by atoms with E-state index in [0.29, 0.717) is 12.2 Å². The maximum Gasteiger partial charge on any atom is 0.244 e. The van der Waals surface area contributed by atoms with Gasteiger partial charge in [0.15, 0.2) is 0 Å². The van der Waals surface area contributed by atoms with Crippen molar-refractivity contribution in [3.63, 3.8) is 0 Å². The van der Waals surface area contributed by atoms with E-state index in [2.05, 4.69) is 10.5 Å². The van der Waals surface area contributed by atoms with E-state index in [-0.39, 0.29) is 5.91 Å². The van der Waals surface area contributed by atoms with Crippen LogP contribution in [-0.4, -0.2) is 12.1 Å². The van der Waals surface area contributed by atoms with Gasteiger partial charge in [-0.3, -0.25) is 4.79 Å². The number of nitrogens with zero attached hydrogens (tertiary/aromatic N) is 1. The number of benzene rings is 1. The van der Waals surface area contributed by atoms with Crippen LogP contribution in [0.3, 0.4) is 0 Å². The molecule has 19 heavy (non-hydrogen) atoms. The van der Waals surface area contributed by atoms with Crippen molar-refractivity contribution in [2.75, 3.05) is 0 Å². The van der Waals surface area contributed by atoms with E-state index in [1.54, 1.807) is 6.07 Å². The summed E-state index contributed by atoms with van der Waals surface area (Å²) in [5, 5.41) is 3.85. The summed E-state index contributed by atoms with van der Waals surface area (Å²) in [5.41, 5.74) is 4.62. The lowest BCUT2D eigenvalue weighted by atomic mass is 10.1. The Balaban J connectivity index is 1.84. The number of hydrogen-bond donors (Lipinski definition) is 1. The second kappa shape index (κ2) is 6.00. The maximum absolute atomic E-state index is 11.6. The number of nitrogens with one attached hydrogen (secondary N) is 1. The first-order valence-corrected chi connectivity index (χ1v) is 6.07. The van der Waals surface area contributed by atoms with Crippen LogP contribution >= 0.6 is 0 Å². The molecule has 1 aromatic heterocycles. The summed E-state index contributed by atoms with van der Waals surface area (Å²) in [6.45, 7) is 3.87. The Morgan fingerprint density at radius 3 is 2.58 bits per heavy atom. The summed E-state index contributed by atoms with van der Waals surface area (Å²) in [7, 11) is 0. The lowest BCUT2D eigenvalue weighted by Crippen LogP contribution is -2.19. The van der Waals surface area contributed by atoms with Crippen molar-refractivity contribution in [1.82, 2.24) is 5.43 Å². The molecular weight excluding hydrogens is 240 g/mol. The van der Waals surface area contributed by atoms with Gasteiger partial charge in [0, 0.05) is 0 Å². The van der Waals surface area contributed by atoms with Crippen LogP contribution in [0.4, 0.5) is 0 Å². The van der Waals surface area contributed by atoms with Crippen LogP contribution in [0.5, 0.6) is 0 Å². The summed E-state index contributed by atoms with van der Waals surface area (Å²) in [5.74, 6) is 1.28. The largest absolute Gasteiger partial charge is 0.460 e. The predicted octanol–water partition coefficient (Wildman–Crippen LogP) is 2.59. The van der Waals surface area contributed by atoms with E-state index < -0.39 is 0 Å². The van der Waals surface area contributed by atoms with Gasteiger partial charge in [-0.1, -0.05) is 29.8 Å². The van der Waals surface area contributed by atoms with Gasteiger partial charge in [-0.15, -0.1) is 0 Å². The smallest absolute Gasteiger partial charge is 0.244 e. The molecule has 2 rings (SSSR count). The number of hydrazone groups is 1. The van der Waals surface area contributed by atoms with Gasteiger partial charge in [0.05, 0.1) is 12.6 Å². The fraction of sp³-hybridized carbons (Fsp3) is 0.200. The zero-order chi connectivity index (χ0) is 13.7. The fourth-order valence-electron chi connectivity index (χ4n) is 1.62. The molecule has 0 bridgehead atoms. The Hall–Kier alpha value is -2.36.